The lowest BCUT2D eigenvalue weighted by Crippen LogP contribution is -2.29. The van der Waals surface area contributed by atoms with Crippen LogP contribution in [0.15, 0.2) is 41.5 Å². The lowest BCUT2D eigenvalue weighted by atomic mass is 10.1. The summed E-state index contributed by atoms with van der Waals surface area (Å²) < 4.78 is 42.4. The molecule has 0 fully saturated rings. The molecule has 0 radical (unpaired) electrons. The van der Waals surface area contributed by atoms with Crippen LogP contribution < -0.4 is 16.6 Å². The molecule has 4 aromatic rings. The molecule has 0 aliphatic rings. The third kappa shape index (κ3) is 4.23. The van der Waals surface area contributed by atoms with Crippen LogP contribution in [0.5, 0.6) is 0 Å². The van der Waals surface area contributed by atoms with Crippen LogP contribution in [0.4, 0.5) is 24.8 Å². The second-order valence-electron chi connectivity index (χ2n) is 7.83. The highest BCUT2D eigenvalue weighted by Gasteiger charge is 2.35. The van der Waals surface area contributed by atoms with E-state index in [1.165, 1.54) is 24.5 Å². The monoisotopic (exact) mass is 480 g/mol. The van der Waals surface area contributed by atoms with Crippen molar-refractivity contribution in [1.29, 1.82) is 5.26 Å². The third-order valence-electron chi connectivity index (χ3n) is 5.38. The van der Waals surface area contributed by atoms with Crippen molar-refractivity contribution in [3.05, 3.63) is 75.4 Å². The van der Waals surface area contributed by atoms with Gasteiger partial charge in [-0.25, -0.2) is 15.0 Å². The van der Waals surface area contributed by atoms with E-state index in [0.717, 1.165) is 10.6 Å². The fourth-order valence-electron chi connectivity index (χ4n) is 3.78. The Kier molecular flexibility index (Phi) is 5.86. The Balaban J connectivity index is 2.02. The molecule has 178 valence electrons. The predicted octanol–water partition coefficient (Wildman–Crippen LogP) is 3.83. The van der Waals surface area contributed by atoms with E-state index in [2.05, 4.69) is 25.3 Å². The van der Waals surface area contributed by atoms with Crippen molar-refractivity contribution < 1.29 is 13.2 Å². The summed E-state index contributed by atoms with van der Waals surface area (Å²) in [7, 11) is 0. The van der Waals surface area contributed by atoms with Crippen LogP contribution in [0.1, 0.15) is 41.3 Å². The maximum atomic E-state index is 13.8. The molecule has 0 bridgehead atoms. The van der Waals surface area contributed by atoms with Crippen LogP contribution in [-0.4, -0.2) is 24.5 Å². The Labute approximate surface area is 197 Å². The van der Waals surface area contributed by atoms with Gasteiger partial charge in [0.1, 0.15) is 29.1 Å². The minimum absolute atomic E-state index is 0.00551. The first kappa shape index (κ1) is 23.6. The van der Waals surface area contributed by atoms with E-state index in [1.54, 1.807) is 26.8 Å². The molecule has 3 aromatic heterocycles. The first-order valence-electron chi connectivity index (χ1n) is 10.4. The zero-order chi connectivity index (χ0) is 25.5. The highest BCUT2D eigenvalue weighted by Crippen LogP contribution is 2.34. The van der Waals surface area contributed by atoms with Gasteiger partial charge < -0.3 is 11.1 Å². The summed E-state index contributed by atoms with van der Waals surface area (Å²) in [6.45, 7) is 4.93. The van der Waals surface area contributed by atoms with Gasteiger partial charge in [-0.05, 0) is 44.5 Å². The van der Waals surface area contributed by atoms with Gasteiger partial charge in [0.2, 0.25) is 0 Å². The lowest BCUT2D eigenvalue weighted by Gasteiger charge is -2.22. The van der Waals surface area contributed by atoms with Crippen LogP contribution in [-0.2, 0) is 6.18 Å². The molecule has 4 rings (SSSR count). The summed E-state index contributed by atoms with van der Waals surface area (Å²) in [5.74, 6) is 0.476. The van der Waals surface area contributed by atoms with E-state index in [1.807, 2.05) is 6.07 Å². The number of benzene rings is 1. The van der Waals surface area contributed by atoms with Crippen LogP contribution in [0.25, 0.3) is 16.6 Å². The molecule has 3 N–H and O–H groups in total. The number of nitrogens with two attached hydrogens (primary N) is 1. The molecule has 0 amide bonds. The fraction of sp³-hybridized carbons (Fsp3) is 0.217. The van der Waals surface area contributed by atoms with Gasteiger partial charge in [-0.2, -0.15) is 18.4 Å². The molecule has 35 heavy (non-hydrogen) atoms. The Morgan fingerprint density at radius 3 is 2.57 bits per heavy atom. The highest BCUT2D eigenvalue weighted by molar-refractivity contribution is 5.82. The minimum atomic E-state index is -4.76. The van der Waals surface area contributed by atoms with Gasteiger partial charge in [0.05, 0.1) is 34.4 Å². The van der Waals surface area contributed by atoms with Crippen LogP contribution in [0.3, 0.4) is 0 Å². The fourth-order valence-corrected chi connectivity index (χ4v) is 3.78. The van der Waals surface area contributed by atoms with E-state index in [-0.39, 0.29) is 34.2 Å². The average Bonchev–Trinajstić information content (AvgIpc) is 2.78. The molecule has 0 aliphatic heterocycles. The van der Waals surface area contributed by atoms with Crippen molar-refractivity contribution in [1.82, 2.24) is 24.5 Å². The van der Waals surface area contributed by atoms with Gasteiger partial charge in [0.25, 0.3) is 5.56 Å². The van der Waals surface area contributed by atoms with Crippen molar-refractivity contribution >= 4 is 22.5 Å². The van der Waals surface area contributed by atoms with Crippen LogP contribution >= 0.6 is 0 Å². The smallest absolute Gasteiger partial charge is 0.382 e. The van der Waals surface area contributed by atoms with Gasteiger partial charge in [-0.3, -0.25) is 14.3 Å². The van der Waals surface area contributed by atoms with E-state index in [4.69, 9.17) is 5.73 Å². The van der Waals surface area contributed by atoms with E-state index in [0.29, 0.717) is 11.4 Å². The SMILES string of the molecule is Cc1nc(N)c(C#N)c(N[C@@H](C)c2nc3cccc(C(F)(F)F)c3c(=O)n2-c2cnccc2C)n1. The van der Waals surface area contributed by atoms with E-state index >= 15 is 0 Å². The largest absolute Gasteiger partial charge is 0.417 e. The summed E-state index contributed by atoms with van der Waals surface area (Å²) in [6.07, 6.45) is -1.87. The molecule has 0 aliphatic carbocycles. The first-order chi connectivity index (χ1) is 16.5. The van der Waals surface area contributed by atoms with Crippen molar-refractivity contribution in [2.75, 3.05) is 11.1 Å². The minimum Gasteiger partial charge on any atom is -0.382 e. The number of hydrogen-bond acceptors (Lipinski definition) is 8. The molecular weight excluding hydrogens is 461 g/mol. The van der Waals surface area contributed by atoms with Gasteiger partial charge in [-0.1, -0.05) is 6.07 Å². The van der Waals surface area contributed by atoms with Crippen molar-refractivity contribution in [3.63, 3.8) is 0 Å². The third-order valence-corrected chi connectivity index (χ3v) is 5.38. The molecule has 12 heteroatoms. The molecule has 1 aromatic carbocycles. The maximum absolute atomic E-state index is 13.8. The zero-order valence-corrected chi connectivity index (χ0v) is 18.8. The van der Waals surface area contributed by atoms with Crippen molar-refractivity contribution in [2.45, 2.75) is 33.0 Å². The quantitative estimate of drug-likeness (QED) is 0.450. The lowest BCUT2D eigenvalue weighted by molar-refractivity contribution is -0.136. The van der Waals surface area contributed by atoms with Gasteiger partial charge in [0, 0.05) is 6.20 Å². The molecule has 0 spiro atoms. The number of alkyl halides is 3. The second-order valence-corrected chi connectivity index (χ2v) is 7.83. The Morgan fingerprint density at radius 1 is 1.17 bits per heavy atom. The number of aromatic nitrogens is 5. The second kappa shape index (κ2) is 8.68. The Hall–Kier alpha value is -4.53. The van der Waals surface area contributed by atoms with Crippen molar-refractivity contribution in [2.24, 2.45) is 0 Å². The number of nitrogen functional groups attached to an aromatic ring is 1. The number of aryl methyl sites for hydroxylation is 2. The standard InChI is InChI=1S/C23H19F3N8O/c1-11-7-8-29-10-17(11)34-21(12(2)30-20-14(9-27)19(28)31-13(3)32-20)33-16-6-4-5-15(23(24,25)26)18(16)22(34)35/h4-8,10,12H,1-3H3,(H3,28,30,31,32)/t12-/m0/s1. The Morgan fingerprint density at radius 2 is 1.91 bits per heavy atom. The van der Waals surface area contributed by atoms with Crippen LogP contribution in [0.2, 0.25) is 0 Å². The summed E-state index contributed by atoms with van der Waals surface area (Å²) in [4.78, 5) is 30.3. The number of rotatable bonds is 4. The zero-order valence-electron chi connectivity index (χ0n) is 18.8. The molecule has 1 atom stereocenters. The number of nitrogens with zero attached hydrogens (tertiary/aromatic N) is 6. The number of nitrogens with one attached hydrogen (secondary N) is 1. The summed E-state index contributed by atoms with van der Waals surface area (Å²) in [5, 5.41) is 12.0. The van der Waals surface area contributed by atoms with Gasteiger partial charge in [0.15, 0.2) is 5.82 Å². The molecule has 3 heterocycles. The first-order valence-corrected chi connectivity index (χ1v) is 10.4. The number of halogens is 3. The van der Waals surface area contributed by atoms with Gasteiger partial charge >= 0.3 is 6.18 Å². The predicted molar refractivity (Wildman–Crippen MR) is 123 cm³/mol. The number of anilines is 2. The van der Waals surface area contributed by atoms with E-state index in [9.17, 15) is 23.2 Å². The summed E-state index contributed by atoms with van der Waals surface area (Å²) >= 11 is 0. The number of pyridine rings is 1. The van der Waals surface area contributed by atoms with Gasteiger partial charge in [-0.15, -0.1) is 0 Å². The Bertz CT molecular complexity index is 1560. The summed E-state index contributed by atoms with van der Waals surface area (Å²) in [6, 6.07) is 6.16. The van der Waals surface area contributed by atoms with E-state index < -0.39 is 28.7 Å². The maximum Gasteiger partial charge on any atom is 0.417 e. The summed E-state index contributed by atoms with van der Waals surface area (Å²) in [5.41, 5.74) is 4.60. The molecule has 0 saturated heterocycles. The number of fused-ring (bicyclic) bond motifs is 1. The normalized spacial score (nSPS) is 12.4. The molecular formula is C23H19F3N8O. The topological polar surface area (TPSA) is 135 Å². The molecule has 9 nitrogen and oxygen atoms in total. The highest BCUT2D eigenvalue weighted by atomic mass is 19.4. The number of hydrogen-bond donors (Lipinski definition) is 2. The average molecular weight is 480 g/mol. The van der Waals surface area contributed by atoms with Crippen molar-refractivity contribution in [3.8, 4) is 11.8 Å². The number of nitriles is 1. The molecule has 0 saturated carbocycles. The van der Waals surface area contributed by atoms with Crippen LogP contribution in [0, 0.1) is 25.2 Å². The molecule has 0 unspecified atom stereocenters.